The summed E-state index contributed by atoms with van der Waals surface area (Å²) < 4.78 is 13.4. The van der Waals surface area contributed by atoms with Crippen LogP contribution in [0.1, 0.15) is 0 Å². The fourth-order valence-corrected chi connectivity index (χ4v) is 2.86. The van der Waals surface area contributed by atoms with Gasteiger partial charge >= 0.3 is 6.03 Å². The fourth-order valence-electron chi connectivity index (χ4n) is 2.86. The summed E-state index contributed by atoms with van der Waals surface area (Å²) in [6.07, 6.45) is 1.43. The third-order valence-electron chi connectivity index (χ3n) is 3.98. The van der Waals surface area contributed by atoms with E-state index in [4.69, 9.17) is 0 Å². The van der Waals surface area contributed by atoms with Crippen molar-refractivity contribution in [3.63, 3.8) is 0 Å². The molecule has 22 heavy (non-hydrogen) atoms. The highest BCUT2D eigenvalue weighted by Gasteiger charge is 2.42. The van der Waals surface area contributed by atoms with Gasteiger partial charge in [-0.1, -0.05) is 0 Å². The number of benzene rings is 1. The molecule has 3 heterocycles. The number of rotatable bonds is 2. The largest absolute Gasteiger partial charge is 0.352 e. The van der Waals surface area contributed by atoms with Gasteiger partial charge in [0.2, 0.25) is 5.91 Å². The lowest BCUT2D eigenvalue weighted by atomic mass is 10.1. The predicted molar refractivity (Wildman–Crippen MR) is 75.7 cm³/mol. The SMILES string of the molecule is O=C1CNC(=O)N1C1CN(c2ncnc3ccc(F)cc23)C1. The van der Waals surface area contributed by atoms with Crippen molar-refractivity contribution >= 4 is 28.7 Å². The van der Waals surface area contributed by atoms with Gasteiger partial charge in [0.25, 0.3) is 0 Å². The summed E-state index contributed by atoms with van der Waals surface area (Å²) in [7, 11) is 0. The van der Waals surface area contributed by atoms with E-state index in [1.807, 2.05) is 4.90 Å². The second kappa shape index (κ2) is 4.62. The summed E-state index contributed by atoms with van der Waals surface area (Å²) in [5.41, 5.74) is 0.657. The van der Waals surface area contributed by atoms with E-state index in [1.54, 1.807) is 6.07 Å². The number of nitrogens with zero attached hydrogens (tertiary/aromatic N) is 4. The van der Waals surface area contributed by atoms with E-state index in [0.717, 1.165) is 0 Å². The van der Waals surface area contributed by atoms with E-state index >= 15 is 0 Å². The molecule has 0 spiro atoms. The fraction of sp³-hybridized carbons (Fsp3) is 0.286. The second-order valence-electron chi connectivity index (χ2n) is 5.34. The Labute approximate surface area is 124 Å². The molecule has 3 amide bonds. The lowest BCUT2D eigenvalue weighted by Crippen LogP contribution is -2.61. The highest BCUT2D eigenvalue weighted by Crippen LogP contribution is 2.29. The first-order valence-corrected chi connectivity index (χ1v) is 6.88. The Morgan fingerprint density at radius 2 is 2.05 bits per heavy atom. The molecular formula is C14H12FN5O2. The lowest BCUT2D eigenvalue weighted by molar-refractivity contribution is -0.126. The molecule has 8 heteroatoms. The molecule has 0 radical (unpaired) electrons. The zero-order valence-corrected chi connectivity index (χ0v) is 11.5. The summed E-state index contributed by atoms with van der Waals surface area (Å²) >= 11 is 0. The predicted octanol–water partition coefficient (Wildman–Crippen LogP) is 0.509. The first-order valence-electron chi connectivity index (χ1n) is 6.88. The van der Waals surface area contributed by atoms with Crippen LogP contribution in [0.5, 0.6) is 0 Å². The van der Waals surface area contributed by atoms with Crippen molar-refractivity contribution in [3.8, 4) is 0 Å². The van der Waals surface area contributed by atoms with Crippen molar-refractivity contribution in [3.05, 3.63) is 30.3 Å². The van der Waals surface area contributed by atoms with E-state index in [-0.39, 0.29) is 30.3 Å². The number of hydrogen-bond acceptors (Lipinski definition) is 5. The summed E-state index contributed by atoms with van der Waals surface area (Å²) in [4.78, 5) is 34.8. The maximum atomic E-state index is 13.4. The smallest absolute Gasteiger partial charge is 0.324 e. The van der Waals surface area contributed by atoms with Gasteiger partial charge in [0.05, 0.1) is 18.1 Å². The summed E-state index contributed by atoms with van der Waals surface area (Å²) in [6, 6.07) is 3.82. The molecule has 1 N–H and O–H groups in total. The van der Waals surface area contributed by atoms with Gasteiger partial charge in [-0.05, 0) is 18.2 Å². The lowest BCUT2D eigenvalue weighted by Gasteiger charge is -2.43. The van der Waals surface area contributed by atoms with Gasteiger partial charge in [-0.2, -0.15) is 0 Å². The van der Waals surface area contributed by atoms with E-state index in [2.05, 4.69) is 15.3 Å². The van der Waals surface area contributed by atoms with Crippen LogP contribution in [0.2, 0.25) is 0 Å². The average Bonchev–Trinajstić information content (AvgIpc) is 2.78. The molecule has 2 aliphatic heterocycles. The third-order valence-corrected chi connectivity index (χ3v) is 3.98. The van der Waals surface area contributed by atoms with Crippen molar-refractivity contribution in [2.75, 3.05) is 24.5 Å². The molecule has 2 aliphatic rings. The van der Waals surface area contributed by atoms with Gasteiger partial charge in [-0.3, -0.25) is 9.69 Å². The van der Waals surface area contributed by atoms with Crippen molar-refractivity contribution < 1.29 is 14.0 Å². The minimum atomic E-state index is -0.353. The van der Waals surface area contributed by atoms with Crippen LogP contribution >= 0.6 is 0 Å². The topological polar surface area (TPSA) is 78.4 Å². The molecule has 2 fully saturated rings. The van der Waals surface area contributed by atoms with Gasteiger partial charge in [-0.25, -0.2) is 19.2 Å². The molecule has 1 aromatic carbocycles. The maximum Gasteiger partial charge on any atom is 0.324 e. The molecule has 4 rings (SSSR count). The van der Waals surface area contributed by atoms with E-state index in [1.165, 1.54) is 23.4 Å². The first kappa shape index (κ1) is 12.9. The van der Waals surface area contributed by atoms with Crippen LogP contribution < -0.4 is 10.2 Å². The number of carbonyl (C=O) groups is 2. The highest BCUT2D eigenvalue weighted by molar-refractivity contribution is 6.02. The Morgan fingerprint density at radius 1 is 1.23 bits per heavy atom. The molecule has 2 aromatic rings. The molecule has 2 saturated heterocycles. The number of imide groups is 1. The van der Waals surface area contributed by atoms with Gasteiger partial charge in [0.1, 0.15) is 18.0 Å². The number of fused-ring (bicyclic) bond motifs is 1. The molecule has 112 valence electrons. The quantitative estimate of drug-likeness (QED) is 0.818. The van der Waals surface area contributed by atoms with Gasteiger partial charge in [0, 0.05) is 18.5 Å². The van der Waals surface area contributed by atoms with Crippen LogP contribution in [0.4, 0.5) is 15.0 Å². The van der Waals surface area contributed by atoms with E-state index < -0.39 is 0 Å². The normalized spacial score (nSPS) is 18.8. The first-order chi connectivity index (χ1) is 10.6. The molecule has 1 aromatic heterocycles. The monoisotopic (exact) mass is 301 g/mol. The zero-order valence-electron chi connectivity index (χ0n) is 11.5. The van der Waals surface area contributed by atoms with Crippen molar-refractivity contribution in [1.82, 2.24) is 20.2 Å². The van der Waals surface area contributed by atoms with Crippen LogP contribution in [0.3, 0.4) is 0 Å². The van der Waals surface area contributed by atoms with Crippen LogP contribution in [0.25, 0.3) is 10.9 Å². The Bertz CT molecular complexity index is 774. The third kappa shape index (κ3) is 1.87. The Hall–Kier alpha value is -2.77. The number of nitrogens with one attached hydrogen (secondary N) is 1. The summed E-state index contributed by atoms with van der Waals surface area (Å²) in [5.74, 6) is 0.0516. The maximum absolute atomic E-state index is 13.4. The minimum absolute atomic E-state index is 0.0526. The van der Waals surface area contributed by atoms with Gasteiger partial charge in [0.15, 0.2) is 0 Å². The number of carbonyl (C=O) groups excluding carboxylic acids is 2. The van der Waals surface area contributed by atoms with Gasteiger partial charge < -0.3 is 10.2 Å². The summed E-state index contributed by atoms with van der Waals surface area (Å²) in [6.45, 7) is 1.03. The molecule has 7 nitrogen and oxygen atoms in total. The second-order valence-corrected chi connectivity index (χ2v) is 5.34. The van der Waals surface area contributed by atoms with E-state index in [9.17, 15) is 14.0 Å². The number of hydrogen-bond donors (Lipinski definition) is 1. The number of aromatic nitrogens is 2. The molecule has 0 saturated carbocycles. The molecule has 0 aliphatic carbocycles. The minimum Gasteiger partial charge on any atom is -0.352 e. The number of urea groups is 1. The average molecular weight is 301 g/mol. The number of anilines is 1. The Kier molecular flexibility index (Phi) is 2.72. The highest BCUT2D eigenvalue weighted by atomic mass is 19.1. The van der Waals surface area contributed by atoms with Crippen molar-refractivity contribution in [2.45, 2.75) is 6.04 Å². The molecule has 0 atom stereocenters. The van der Waals surface area contributed by atoms with Crippen molar-refractivity contribution in [1.29, 1.82) is 0 Å². The standard InChI is InChI=1S/C14H12FN5O2/c15-8-1-2-11-10(3-8)13(18-7-17-11)19-5-9(6-19)20-12(21)4-16-14(20)22/h1-3,7,9H,4-6H2,(H,16,22). The van der Waals surface area contributed by atoms with Crippen LogP contribution in [0.15, 0.2) is 24.5 Å². The molecule has 0 unspecified atom stereocenters. The van der Waals surface area contributed by atoms with Crippen LogP contribution in [0, 0.1) is 5.82 Å². The van der Waals surface area contributed by atoms with Crippen LogP contribution in [-0.2, 0) is 4.79 Å². The Balaban J connectivity index is 1.59. The van der Waals surface area contributed by atoms with Crippen molar-refractivity contribution in [2.24, 2.45) is 0 Å². The van der Waals surface area contributed by atoms with Gasteiger partial charge in [-0.15, -0.1) is 0 Å². The zero-order chi connectivity index (χ0) is 15.3. The van der Waals surface area contributed by atoms with E-state index in [0.29, 0.717) is 29.8 Å². The Morgan fingerprint density at radius 3 is 2.77 bits per heavy atom. The number of amides is 3. The van der Waals surface area contributed by atoms with Crippen LogP contribution in [-0.4, -0.2) is 52.5 Å². The number of halogens is 1. The summed E-state index contributed by atoms with van der Waals surface area (Å²) in [5, 5.41) is 3.13. The molecule has 0 bridgehead atoms. The molecular weight excluding hydrogens is 289 g/mol.